The number of ether oxygens (including phenoxy) is 1. The van der Waals surface area contributed by atoms with Crippen LogP contribution in [0.15, 0.2) is 24.0 Å². The average Bonchev–Trinajstić information content (AvgIpc) is 2.02. The molecule has 2 heteroatoms. The molecule has 0 spiro atoms. The predicted molar refractivity (Wildman–Crippen MR) is 49.5 cm³/mol. The van der Waals surface area contributed by atoms with Gasteiger partial charge in [-0.2, -0.15) is 0 Å². The van der Waals surface area contributed by atoms with E-state index in [1.54, 1.807) is 13.0 Å². The molecule has 12 heavy (non-hydrogen) atoms. The van der Waals surface area contributed by atoms with Gasteiger partial charge in [-0.15, -0.1) is 0 Å². The first-order chi connectivity index (χ1) is 5.57. The molecule has 0 atom stereocenters. The standard InChI is InChI=1S/C10H16O2/c1-5-9(4)10(11)12-7-6-8(2)3/h5-8H,1-4H3/b7-6+,9-5-. The summed E-state index contributed by atoms with van der Waals surface area (Å²) < 4.78 is 4.82. The summed E-state index contributed by atoms with van der Waals surface area (Å²) in [5.74, 6) is 0.123. The highest BCUT2D eigenvalue weighted by Gasteiger charge is 2.00. The summed E-state index contributed by atoms with van der Waals surface area (Å²) in [5, 5.41) is 0. The zero-order chi connectivity index (χ0) is 9.56. The fraction of sp³-hybridized carbons (Fsp3) is 0.500. The van der Waals surface area contributed by atoms with E-state index in [1.807, 2.05) is 26.8 Å². The molecule has 0 bridgehead atoms. The second kappa shape index (κ2) is 5.58. The van der Waals surface area contributed by atoms with Crippen molar-refractivity contribution >= 4 is 5.97 Å². The molecule has 0 rings (SSSR count). The van der Waals surface area contributed by atoms with Gasteiger partial charge < -0.3 is 4.74 Å². The molecule has 0 fully saturated rings. The first-order valence-corrected chi connectivity index (χ1v) is 4.08. The van der Waals surface area contributed by atoms with Crippen molar-refractivity contribution in [3.63, 3.8) is 0 Å². The summed E-state index contributed by atoms with van der Waals surface area (Å²) in [6, 6.07) is 0. The lowest BCUT2D eigenvalue weighted by atomic mass is 10.2. The third-order valence-electron chi connectivity index (χ3n) is 1.39. The van der Waals surface area contributed by atoms with Gasteiger partial charge in [0.2, 0.25) is 0 Å². The Hall–Kier alpha value is -1.05. The Bertz CT molecular complexity index is 200. The van der Waals surface area contributed by atoms with E-state index in [4.69, 9.17) is 4.74 Å². The molecule has 0 unspecified atom stereocenters. The minimum absolute atomic E-state index is 0.283. The zero-order valence-corrected chi connectivity index (χ0v) is 8.13. The van der Waals surface area contributed by atoms with Crippen molar-refractivity contribution < 1.29 is 9.53 Å². The molecular weight excluding hydrogens is 152 g/mol. The van der Waals surface area contributed by atoms with Gasteiger partial charge in [0.05, 0.1) is 6.26 Å². The van der Waals surface area contributed by atoms with Crippen LogP contribution in [0, 0.1) is 5.92 Å². The van der Waals surface area contributed by atoms with E-state index >= 15 is 0 Å². The SMILES string of the molecule is C/C=C(/C)C(=O)O/C=C/C(C)C. The van der Waals surface area contributed by atoms with Crippen LogP contribution in [0.2, 0.25) is 0 Å². The normalized spacial score (nSPS) is 12.6. The minimum Gasteiger partial charge on any atom is -0.431 e. The third-order valence-corrected chi connectivity index (χ3v) is 1.39. The number of carbonyl (C=O) groups is 1. The summed E-state index contributed by atoms with van der Waals surface area (Å²) in [4.78, 5) is 11.0. The van der Waals surface area contributed by atoms with Crippen molar-refractivity contribution in [1.82, 2.24) is 0 Å². The molecule has 0 aliphatic heterocycles. The molecular formula is C10H16O2. The van der Waals surface area contributed by atoms with Crippen LogP contribution in [-0.2, 0) is 9.53 Å². The van der Waals surface area contributed by atoms with Crippen LogP contribution >= 0.6 is 0 Å². The van der Waals surface area contributed by atoms with E-state index in [0.717, 1.165) is 0 Å². The van der Waals surface area contributed by atoms with Crippen LogP contribution in [0.1, 0.15) is 27.7 Å². The van der Waals surface area contributed by atoms with E-state index in [9.17, 15) is 4.79 Å². The van der Waals surface area contributed by atoms with Gasteiger partial charge in [-0.3, -0.25) is 0 Å². The Labute approximate surface area is 73.9 Å². The molecule has 2 nitrogen and oxygen atoms in total. The number of rotatable bonds is 3. The highest BCUT2D eigenvalue weighted by molar-refractivity contribution is 5.87. The Morgan fingerprint density at radius 3 is 2.42 bits per heavy atom. The topological polar surface area (TPSA) is 26.3 Å². The third kappa shape index (κ3) is 4.72. The summed E-state index contributed by atoms with van der Waals surface area (Å²) in [6.45, 7) is 7.58. The van der Waals surface area contributed by atoms with Gasteiger partial charge in [-0.05, 0) is 25.8 Å². The number of esters is 1. The molecule has 0 aliphatic rings. The van der Waals surface area contributed by atoms with E-state index in [-0.39, 0.29) is 5.97 Å². The summed E-state index contributed by atoms with van der Waals surface area (Å²) in [6.07, 6.45) is 5.01. The number of carbonyl (C=O) groups excluding carboxylic acids is 1. The Kier molecular flexibility index (Phi) is 5.09. The Morgan fingerprint density at radius 2 is 2.00 bits per heavy atom. The second-order valence-corrected chi connectivity index (χ2v) is 2.95. The van der Waals surface area contributed by atoms with E-state index in [2.05, 4.69) is 0 Å². The fourth-order valence-electron chi connectivity index (χ4n) is 0.469. The highest BCUT2D eigenvalue weighted by Crippen LogP contribution is 1.98. The van der Waals surface area contributed by atoms with Crippen LogP contribution in [0.3, 0.4) is 0 Å². The van der Waals surface area contributed by atoms with Gasteiger partial charge in [0, 0.05) is 5.57 Å². The molecule has 0 radical (unpaired) electrons. The van der Waals surface area contributed by atoms with Crippen LogP contribution < -0.4 is 0 Å². The van der Waals surface area contributed by atoms with Crippen LogP contribution in [-0.4, -0.2) is 5.97 Å². The van der Waals surface area contributed by atoms with Gasteiger partial charge in [-0.1, -0.05) is 19.9 Å². The monoisotopic (exact) mass is 168 g/mol. The van der Waals surface area contributed by atoms with Crippen molar-refractivity contribution in [1.29, 1.82) is 0 Å². The summed E-state index contributed by atoms with van der Waals surface area (Å²) in [7, 11) is 0. The van der Waals surface area contributed by atoms with Crippen molar-refractivity contribution in [2.24, 2.45) is 5.92 Å². The maximum absolute atomic E-state index is 11.0. The quantitative estimate of drug-likeness (QED) is 0.368. The first-order valence-electron chi connectivity index (χ1n) is 4.08. The van der Waals surface area contributed by atoms with Gasteiger partial charge >= 0.3 is 5.97 Å². The molecule has 0 amide bonds. The van der Waals surface area contributed by atoms with Crippen LogP contribution in [0.25, 0.3) is 0 Å². The fourth-order valence-corrected chi connectivity index (χ4v) is 0.469. The number of hydrogen-bond acceptors (Lipinski definition) is 2. The zero-order valence-electron chi connectivity index (χ0n) is 8.13. The second-order valence-electron chi connectivity index (χ2n) is 2.95. The molecule has 0 aliphatic carbocycles. The van der Waals surface area contributed by atoms with Crippen LogP contribution in [0.5, 0.6) is 0 Å². The average molecular weight is 168 g/mol. The summed E-state index contributed by atoms with van der Waals surface area (Å²) >= 11 is 0. The highest BCUT2D eigenvalue weighted by atomic mass is 16.5. The molecule has 0 N–H and O–H groups in total. The largest absolute Gasteiger partial charge is 0.431 e. The molecule has 0 heterocycles. The Morgan fingerprint density at radius 1 is 1.42 bits per heavy atom. The van der Waals surface area contributed by atoms with E-state index < -0.39 is 0 Å². The van der Waals surface area contributed by atoms with E-state index in [1.165, 1.54) is 6.26 Å². The van der Waals surface area contributed by atoms with Crippen molar-refractivity contribution in [3.8, 4) is 0 Å². The first kappa shape index (κ1) is 11.0. The molecule has 0 saturated heterocycles. The predicted octanol–water partition coefficient (Wildman–Crippen LogP) is 2.67. The van der Waals surface area contributed by atoms with Crippen molar-refractivity contribution in [3.05, 3.63) is 24.0 Å². The van der Waals surface area contributed by atoms with Crippen LogP contribution in [0.4, 0.5) is 0 Å². The lowest BCUT2D eigenvalue weighted by molar-refractivity contribution is -0.133. The Balaban J connectivity index is 3.88. The molecule has 0 aromatic heterocycles. The smallest absolute Gasteiger partial charge is 0.338 e. The summed E-state index contributed by atoms with van der Waals surface area (Å²) in [5.41, 5.74) is 0.628. The number of hydrogen-bond donors (Lipinski definition) is 0. The van der Waals surface area contributed by atoms with Gasteiger partial charge in [0.1, 0.15) is 0 Å². The molecule has 0 saturated carbocycles. The lowest BCUT2D eigenvalue weighted by Crippen LogP contribution is -2.00. The molecule has 0 aromatic rings. The van der Waals surface area contributed by atoms with Crippen molar-refractivity contribution in [2.75, 3.05) is 0 Å². The molecule has 0 aromatic carbocycles. The van der Waals surface area contributed by atoms with Gasteiger partial charge in [0.25, 0.3) is 0 Å². The lowest BCUT2D eigenvalue weighted by Gasteiger charge is -1.98. The number of allylic oxidation sites excluding steroid dienone is 2. The van der Waals surface area contributed by atoms with Gasteiger partial charge in [0.15, 0.2) is 0 Å². The molecule has 68 valence electrons. The van der Waals surface area contributed by atoms with Crippen molar-refractivity contribution in [2.45, 2.75) is 27.7 Å². The maximum atomic E-state index is 11.0. The minimum atomic E-state index is -0.283. The van der Waals surface area contributed by atoms with Gasteiger partial charge in [-0.25, -0.2) is 4.79 Å². The maximum Gasteiger partial charge on any atom is 0.338 e. The van der Waals surface area contributed by atoms with E-state index in [0.29, 0.717) is 11.5 Å².